The Hall–Kier alpha value is -2.18. The first-order valence-corrected chi connectivity index (χ1v) is 7.18. The lowest BCUT2D eigenvalue weighted by atomic mass is 10.1. The number of rotatable bonds is 3. The van der Waals surface area contributed by atoms with E-state index in [2.05, 4.69) is 50.4 Å². The fourth-order valence-electron chi connectivity index (χ4n) is 2.69. The van der Waals surface area contributed by atoms with Crippen molar-refractivity contribution in [1.82, 2.24) is 24.7 Å². The van der Waals surface area contributed by atoms with Crippen molar-refractivity contribution in [3.8, 4) is 5.88 Å². The number of ether oxygens (including phenoxy) is 1. The van der Waals surface area contributed by atoms with Crippen molar-refractivity contribution >= 4 is 5.95 Å². The van der Waals surface area contributed by atoms with Gasteiger partial charge < -0.3 is 14.2 Å². The van der Waals surface area contributed by atoms with Crippen LogP contribution >= 0.6 is 0 Å². The van der Waals surface area contributed by atoms with E-state index in [1.54, 1.807) is 19.4 Å². The third kappa shape index (κ3) is 2.32. The molecule has 0 bridgehead atoms. The van der Waals surface area contributed by atoms with Crippen LogP contribution in [0.1, 0.15) is 44.4 Å². The Morgan fingerprint density at radius 2 is 2.10 bits per heavy atom. The highest BCUT2D eigenvalue weighted by molar-refractivity contribution is 5.36. The molecule has 0 saturated heterocycles. The van der Waals surface area contributed by atoms with Crippen molar-refractivity contribution in [2.75, 3.05) is 18.6 Å². The summed E-state index contributed by atoms with van der Waals surface area (Å²) >= 11 is 0. The second-order valence-electron chi connectivity index (χ2n) is 5.49. The summed E-state index contributed by atoms with van der Waals surface area (Å²) in [6.45, 7) is 8.06. The van der Waals surface area contributed by atoms with Gasteiger partial charge in [0, 0.05) is 31.3 Å². The van der Waals surface area contributed by atoms with Gasteiger partial charge in [-0.25, -0.2) is 4.98 Å². The minimum atomic E-state index is 0.0888. The maximum absolute atomic E-state index is 5.17. The van der Waals surface area contributed by atoms with Crippen LogP contribution in [-0.4, -0.2) is 38.4 Å². The Labute approximate surface area is 124 Å². The fourth-order valence-corrected chi connectivity index (χ4v) is 2.69. The maximum Gasteiger partial charge on any atom is 0.229 e. The molecule has 2 aromatic rings. The number of fused-ring (bicyclic) bond motifs is 1. The van der Waals surface area contributed by atoms with Crippen LogP contribution < -0.4 is 9.64 Å². The Morgan fingerprint density at radius 1 is 1.29 bits per heavy atom. The minimum Gasteiger partial charge on any atom is -0.481 e. The minimum absolute atomic E-state index is 0.0888. The summed E-state index contributed by atoms with van der Waals surface area (Å²) in [6.07, 6.45) is 1.72. The molecule has 0 N–H and O–H groups in total. The first-order chi connectivity index (χ1) is 10.1. The van der Waals surface area contributed by atoms with E-state index in [1.807, 2.05) is 0 Å². The quantitative estimate of drug-likeness (QED) is 0.857. The summed E-state index contributed by atoms with van der Waals surface area (Å²) in [5.74, 6) is 3.63. The molecule has 0 saturated carbocycles. The van der Waals surface area contributed by atoms with E-state index in [0.717, 1.165) is 24.7 Å². The normalized spacial score (nSPS) is 18.0. The number of anilines is 1. The van der Waals surface area contributed by atoms with Crippen LogP contribution in [0.5, 0.6) is 5.88 Å². The number of hydrogen-bond donors (Lipinski definition) is 0. The molecule has 7 nitrogen and oxygen atoms in total. The van der Waals surface area contributed by atoms with Gasteiger partial charge in [-0.15, -0.1) is 10.2 Å². The molecule has 7 heteroatoms. The van der Waals surface area contributed by atoms with Gasteiger partial charge in [-0.3, -0.25) is 0 Å². The molecule has 0 fully saturated rings. The van der Waals surface area contributed by atoms with Crippen LogP contribution in [0.25, 0.3) is 0 Å². The summed E-state index contributed by atoms with van der Waals surface area (Å²) in [4.78, 5) is 10.9. The molecule has 1 unspecified atom stereocenters. The largest absolute Gasteiger partial charge is 0.481 e. The van der Waals surface area contributed by atoms with Gasteiger partial charge in [-0.05, 0) is 6.92 Å². The molecular weight excluding hydrogens is 268 g/mol. The van der Waals surface area contributed by atoms with Crippen molar-refractivity contribution in [1.29, 1.82) is 0 Å². The van der Waals surface area contributed by atoms with Gasteiger partial charge in [0.1, 0.15) is 5.82 Å². The number of nitrogens with zero attached hydrogens (tertiary/aromatic N) is 6. The average Bonchev–Trinajstić information content (AvgIpc) is 2.93. The third-order valence-corrected chi connectivity index (χ3v) is 3.81. The van der Waals surface area contributed by atoms with Gasteiger partial charge >= 0.3 is 0 Å². The van der Waals surface area contributed by atoms with E-state index in [-0.39, 0.29) is 6.04 Å². The lowest BCUT2D eigenvalue weighted by Crippen LogP contribution is -2.38. The highest BCUT2D eigenvalue weighted by atomic mass is 16.5. The predicted molar refractivity (Wildman–Crippen MR) is 78.5 cm³/mol. The van der Waals surface area contributed by atoms with Gasteiger partial charge in [0.15, 0.2) is 5.82 Å². The second-order valence-corrected chi connectivity index (χ2v) is 5.49. The summed E-state index contributed by atoms with van der Waals surface area (Å²) in [6, 6.07) is 1.84. The van der Waals surface area contributed by atoms with Crippen LogP contribution in [0, 0.1) is 0 Å². The summed E-state index contributed by atoms with van der Waals surface area (Å²) < 4.78 is 7.39. The van der Waals surface area contributed by atoms with E-state index < -0.39 is 0 Å². The molecule has 0 radical (unpaired) electrons. The Balaban J connectivity index is 1.93. The number of methoxy groups -OCH3 is 1. The van der Waals surface area contributed by atoms with Crippen LogP contribution in [0.3, 0.4) is 0 Å². The van der Waals surface area contributed by atoms with Crippen molar-refractivity contribution in [2.24, 2.45) is 0 Å². The topological polar surface area (TPSA) is 69.0 Å². The highest BCUT2D eigenvalue weighted by Gasteiger charge is 2.30. The lowest BCUT2D eigenvalue weighted by molar-refractivity contribution is 0.394. The molecule has 21 heavy (non-hydrogen) atoms. The van der Waals surface area contributed by atoms with E-state index in [0.29, 0.717) is 17.7 Å². The average molecular weight is 288 g/mol. The maximum atomic E-state index is 5.17. The molecule has 2 aromatic heterocycles. The molecular formula is C14H20N6O. The Morgan fingerprint density at radius 3 is 2.81 bits per heavy atom. The molecule has 0 aliphatic carbocycles. The Bertz CT molecular complexity index is 638. The number of hydrogen-bond acceptors (Lipinski definition) is 6. The molecule has 0 spiro atoms. The smallest absolute Gasteiger partial charge is 0.229 e. The first kappa shape index (κ1) is 13.8. The van der Waals surface area contributed by atoms with E-state index in [4.69, 9.17) is 4.74 Å². The summed E-state index contributed by atoms with van der Waals surface area (Å²) in [5, 5.41) is 8.69. The molecule has 3 rings (SSSR count). The first-order valence-electron chi connectivity index (χ1n) is 7.18. The third-order valence-electron chi connectivity index (χ3n) is 3.81. The Kier molecular flexibility index (Phi) is 3.48. The van der Waals surface area contributed by atoms with Gasteiger partial charge in [0.25, 0.3) is 0 Å². The summed E-state index contributed by atoms with van der Waals surface area (Å²) in [5.41, 5.74) is 0. The second kappa shape index (κ2) is 5.31. The van der Waals surface area contributed by atoms with E-state index >= 15 is 0 Å². The van der Waals surface area contributed by atoms with Gasteiger partial charge in [0.05, 0.1) is 13.2 Å². The standard InChI is InChI=1S/C14H20N6O/c1-9(2)12-17-18-13-10(3)19(7-8-20(12)13)14-15-6-5-11(16-14)21-4/h5-6,9-10H,7-8H2,1-4H3. The molecule has 1 atom stereocenters. The van der Waals surface area contributed by atoms with Crippen molar-refractivity contribution in [3.05, 3.63) is 23.9 Å². The lowest BCUT2D eigenvalue weighted by Gasteiger charge is -2.33. The monoisotopic (exact) mass is 288 g/mol. The summed E-state index contributed by atoms with van der Waals surface area (Å²) in [7, 11) is 1.61. The predicted octanol–water partition coefficient (Wildman–Crippen LogP) is 1.78. The van der Waals surface area contributed by atoms with Crippen LogP contribution in [0.15, 0.2) is 12.3 Å². The van der Waals surface area contributed by atoms with Gasteiger partial charge in [-0.2, -0.15) is 4.98 Å². The zero-order chi connectivity index (χ0) is 15.0. The molecule has 1 aliphatic rings. The van der Waals surface area contributed by atoms with Crippen LogP contribution in [-0.2, 0) is 6.54 Å². The molecule has 0 amide bonds. The fraction of sp³-hybridized carbons (Fsp3) is 0.571. The molecule has 0 aromatic carbocycles. The van der Waals surface area contributed by atoms with E-state index in [9.17, 15) is 0 Å². The molecule has 3 heterocycles. The zero-order valence-electron chi connectivity index (χ0n) is 12.8. The SMILES string of the molecule is COc1ccnc(N2CCn3c(C(C)C)nnc3C2C)n1. The van der Waals surface area contributed by atoms with Crippen LogP contribution in [0.2, 0.25) is 0 Å². The van der Waals surface area contributed by atoms with Crippen molar-refractivity contribution in [2.45, 2.75) is 39.3 Å². The van der Waals surface area contributed by atoms with Gasteiger partial charge in [0.2, 0.25) is 11.8 Å². The highest BCUT2D eigenvalue weighted by Crippen LogP contribution is 2.29. The molecule has 1 aliphatic heterocycles. The van der Waals surface area contributed by atoms with Crippen molar-refractivity contribution < 1.29 is 4.74 Å². The van der Waals surface area contributed by atoms with Crippen LogP contribution in [0.4, 0.5) is 5.95 Å². The van der Waals surface area contributed by atoms with Gasteiger partial charge in [-0.1, -0.05) is 13.8 Å². The van der Waals surface area contributed by atoms with Crippen molar-refractivity contribution in [3.63, 3.8) is 0 Å². The zero-order valence-corrected chi connectivity index (χ0v) is 12.8. The molecule has 112 valence electrons. The number of aromatic nitrogens is 5. The van der Waals surface area contributed by atoms with E-state index in [1.165, 1.54) is 0 Å².